The summed E-state index contributed by atoms with van der Waals surface area (Å²) in [5, 5.41) is 2.85. The molecule has 22 heavy (non-hydrogen) atoms. The molecule has 1 rings (SSSR count). The standard InChI is InChI=1S/C14H22ClN3O3S/c1-4-18(5-2)9-8-17-14(19)11-6-7-12(15)13(10-11)22(20,21)16-3/h6-7,10,16H,4-5,8-9H2,1-3H3,(H,17,19). The van der Waals surface area contributed by atoms with E-state index in [1.807, 2.05) is 0 Å². The number of carbonyl (C=O) groups excluding carboxylic acids is 1. The van der Waals surface area contributed by atoms with Crippen molar-refractivity contribution in [1.82, 2.24) is 14.9 Å². The molecule has 0 heterocycles. The van der Waals surface area contributed by atoms with Crippen molar-refractivity contribution in [3.8, 4) is 0 Å². The van der Waals surface area contributed by atoms with Gasteiger partial charge in [0.2, 0.25) is 10.0 Å². The molecular formula is C14H22ClN3O3S. The Balaban J connectivity index is 2.81. The average molecular weight is 348 g/mol. The summed E-state index contributed by atoms with van der Waals surface area (Å²) in [7, 11) is -2.40. The van der Waals surface area contributed by atoms with Gasteiger partial charge in [0.1, 0.15) is 4.90 Å². The number of hydrogen-bond acceptors (Lipinski definition) is 4. The van der Waals surface area contributed by atoms with Crippen LogP contribution >= 0.6 is 11.6 Å². The molecule has 1 aromatic carbocycles. The summed E-state index contributed by atoms with van der Waals surface area (Å²) >= 11 is 5.89. The molecule has 0 saturated heterocycles. The minimum atomic E-state index is -3.70. The van der Waals surface area contributed by atoms with Gasteiger partial charge in [-0.05, 0) is 38.3 Å². The van der Waals surface area contributed by atoms with Crippen LogP contribution in [-0.4, -0.2) is 52.5 Å². The fourth-order valence-corrected chi connectivity index (χ4v) is 3.18. The number of halogens is 1. The zero-order valence-electron chi connectivity index (χ0n) is 13.0. The Morgan fingerprint density at radius 2 is 1.91 bits per heavy atom. The summed E-state index contributed by atoms with van der Waals surface area (Å²) in [6.45, 7) is 7.18. The van der Waals surface area contributed by atoms with Crippen LogP contribution in [0.5, 0.6) is 0 Å². The van der Waals surface area contributed by atoms with Crippen molar-refractivity contribution in [3.05, 3.63) is 28.8 Å². The van der Waals surface area contributed by atoms with Crippen LogP contribution in [0.3, 0.4) is 0 Å². The third-order valence-electron chi connectivity index (χ3n) is 3.36. The quantitative estimate of drug-likeness (QED) is 0.743. The van der Waals surface area contributed by atoms with Crippen LogP contribution in [0.25, 0.3) is 0 Å². The Morgan fingerprint density at radius 3 is 2.45 bits per heavy atom. The summed E-state index contributed by atoms with van der Waals surface area (Å²) in [6.07, 6.45) is 0. The van der Waals surface area contributed by atoms with Gasteiger partial charge in [0.15, 0.2) is 0 Å². The summed E-state index contributed by atoms with van der Waals surface area (Å²) in [5.74, 6) is -0.323. The molecule has 6 nitrogen and oxygen atoms in total. The second-order valence-electron chi connectivity index (χ2n) is 4.64. The van der Waals surface area contributed by atoms with Gasteiger partial charge in [-0.25, -0.2) is 13.1 Å². The molecule has 1 aromatic rings. The Labute approximate surface area is 136 Å². The van der Waals surface area contributed by atoms with Crippen LogP contribution in [0.4, 0.5) is 0 Å². The monoisotopic (exact) mass is 347 g/mol. The predicted molar refractivity (Wildman–Crippen MR) is 87.8 cm³/mol. The third kappa shape index (κ3) is 4.95. The number of amides is 1. The maximum atomic E-state index is 12.1. The highest BCUT2D eigenvalue weighted by atomic mass is 35.5. The van der Waals surface area contributed by atoms with Crippen LogP contribution in [0.1, 0.15) is 24.2 Å². The molecular weight excluding hydrogens is 326 g/mol. The minimum absolute atomic E-state index is 0.0778. The Bertz CT molecular complexity index is 616. The molecule has 0 unspecified atom stereocenters. The SMILES string of the molecule is CCN(CC)CCNC(=O)c1ccc(Cl)c(S(=O)(=O)NC)c1. The van der Waals surface area contributed by atoms with Crippen LogP contribution in [0.2, 0.25) is 5.02 Å². The highest BCUT2D eigenvalue weighted by Crippen LogP contribution is 2.22. The van der Waals surface area contributed by atoms with E-state index in [1.54, 1.807) is 0 Å². The van der Waals surface area contributed by atoms with E-state index in [-0.39, 0.29) is 21.4 Å². The normalized spacial score (nSPS) is 11.7. The molecule has 8 heteroatoms. The van der Waals surface area contributed by atoms with Gasteiger partial charge in [-0.3, -0.25) is 4.79 Å². The molecule has 124 valence electrons. The fraction of sp³-hybridized carbons (Fsp3) is 0.500. The second kappa shape index (κ2) is 8.47. The summed E-state index contributed by atoms with van der Waals surface area (Å²) in [5.41, 5.74) is 0.262. The number of carbonyl (C=O) groups is 1. The van der Waals surface area contributed by atoms with E-state index in [0.717, 1.165) is 19.6 Å². The summed E-state index contributed by atoms with van der Waals surface area (Å²) in [4.78, 5) is 14.2. The van der Waals surface area contributed by atoms with Crippen molar-refractivity contribution in [2.75, 3.05) is 33.2 Å². The van der Waals surface area contributed by atoms with Crippen LogP contribution in [-0.2, 0) is 10.0 Å². The van der Waals surface area contributed by atoms with E-state index in [4.69, 9.17) is 11.6 Å². The topological polar surface area (TPSA) is 78.5 Å². The summed E-state index contributed by atoms with van der Waals surface area (Å²) in [6, 6.07) is 4.19. The highest BCUT2D eigenvalue weighted by Gasteiger charge is 2.18. The lowest BCUT2D eigenvalue weighted by atomic mass is 10.2. The zero-order valence-corrected chi connectivity index (χ0v) is 14.6. The minimum Gasteiger partial charge on any atom is -0.351 e. The molecule has 0 aliphatic carbocycles. The van der Waals surface area contributed by atoms with Crippen molar-refractivity contribution < 1.29 is 13.2 Å². The number of hydrogen-bond donors (Lipinski definition) is 2. The lowest BCUT2D eigenvalue weighted by Crippen LogP contribution is -2.34. The summed E-state index contributed by atoms with van der Waals surface area (Å²) < 4.78 is 25.9. The Kier molecular flexibility index (Phi) is 7.28. The van der Waals surface area contributed by atoms with Crippen molar-refractivity contribution >= 4 is 27.5 Å². The number of sulfonamides is 1. The maximum Gasteiger partial charge on any atom is 0.251 e. The van der Waals surface area contributed by atoms with E-state index in [2.05, 4.69) is 28.8 Å². The van der Waals surface area contributed by atoms with E-state index in [1.165, 1.54) is 25.2 Å². The van der Waals surface area contributed by atoms with Crippen LogP contribution in [0, 0.1) is 0 Å². The molecule has 2 N–H and O–H groups in total. The average Bonchev–Trinajstić information content (AvgIpc) is 2.51. The van der Waals surface area contributed by atoms with Crippen molar-refractivity contribution in [2.24, 2.45) is 0 Å². The van der Waals surface area contributed by atoms with Gasteiger partial charge in [0.05, 0.1) is 5.02 Å². The molecule has 0 aliphatic heterocycles. The van der Waals surface area contributed by atoms with Crippen molar-refractivity contribution in [3.63, 3.8) is 0 Å². The van der Waals surface area contributed by atoms with Crippen LogP contribution < -0.4 is 10.0 Å². The molecule has 0 aliphatic rings. The molecule has 1 amide bonds. The van der Waals surface area contributed by atoms with E-state index in [9.17, 15) is 13.2 Å². The van der Waals surface area contributed by atoms with Crippen molar-refractivity contribution in [2.45, 2.75) is 18.7 Å². The first-order chi connectivity index (χ1) is 10.4. The van der Waals surface area contributed by atoms with Gasteiger partial charge in [-0.2, -0.15) is 0 Å². The van der Waals surface area contributed by atoms with E-state index >= 15 is 0 Å². The number of benzene rings is 1. The van der Waals surface area contributed by atoms with Crippen molar-refractivity contribution in [1.29, 1.82) is 0 Å². The van der Waals surface area contributed by atoms with Gasteiger partial charge in [-0.1, -0.05) is 25.4 Å². The first-order valence-corrected chi connectivity index (χ1v) is 8.95. The predicted octanol–water partition coefficient (Wildman–Crippen LogP) is 1.32. The second-order valence-corrected chi connectivity index (χ2v) is 6.90. The lowest BCUT2D eigenvalue weighted by molar-refractivity contribution is 0.0948. The molecule has 0 saturated carbocycles. The van der Waals surface area contributed by atoms with Gasteiger partial charge < -0.3 is 10.2 Å². The maximum absolute atomic E-state index is 12.1. The molecule has 0 bridgehead atoms. The lowest BCUT2D eigenvalue weighted by Gasteiger charge is -2.18. The first-order valence-electron chi connectivity index (χ1n) is 7.09. The number of rotatable bonds is 8. The molecule has 0 radical (unpaired) electrons. The van der Waals surface area contributed by atoms with Gasteiger partial charge in [0, 0.05) is 18.7 Å². The molecule has 0 spiro atoms. The fourth-order valence-electron chi connectivity index (χ4n) is 1.93. The highest BCUT2D eigenvalue weighted by molar-refractivity contribution is 7.89. The first kappa shape index (κ1) is 18.9. The molecule has 0 fully saturated rings. The number of nitrogens with one attached hydrogen (secondary N) is 2. The van der Waals surface area contributed by atoms with E-state index < -0.39 is 10.0 Å². The smallest absolute Gasteiger partial charge is 0.251 e. The van der Waals surface area contributed by atoms with Gasteiger partial charge in [-0.15, -0.1) is 0 Å². The molecule has 0 aromatic heterocycles. The Hall–Kier alpha value is -1.15. The van der Waals surface area contributed by atoms with Crippen LogP contribution in [0.15, 0.2) is 23.1 Å². The Morgan fingerprint density at radius 1 is 1.27 bits per heavy atom. The van der Waals surface area contributed by atoms with E-state index in [0.29, 0.717) is 6.54 Å². The number of nitrogens with zero attached hydrogens (tertiary/aromatic N) is 1. The number of likely N-dealkylation sites (N-methyl/N-ethyl adjacent to an activating group) is 1. The van der Waals surface area contributed by atoms with Gasteiger partial charge >= 0.3 is 0 Å². The zero-order chi connectivity index (χ0) is 16.8. The molecule has 0 atom stereocenters. The largest absolute Gasteiger partial charge is 0.351 e. The third-order valence-corrected chi connectivity index (χ3v) is 5.26. The van der Waals surface area contributed by atoms with Gasteiger partial charge in [0.25, 0.3) is 5.91 Å².